The van der Waals surface area contributed by atoms with Crippen LogP contribution in [0.25, 0.3) is 11.8 Å². The number of likely N-dealkylation sites (tertiary alicyclic amines) is 1. The van der Waals surface area contributed by atoms with Gasteiger partial charge in [-0.05, 0) is 63.5 Å². The van der Waals surface area contributed by atoms with Crippen LogP contribution in [0.5, 0.6) is 0 Å². The molecular formula is C29H34N4O2. The van der Waals surface area contributed by atoms with Gasteiger partial charge in [0.2, 0.25) is 5.91 Å². The van der Waals surface area contributed by atoms with E-state index in [1.165, 1.54) is 0 Å². The van der Waals surface area contributed by atoms with Crippen molar-refractivity contribution in [2.24, 2.45) is 0 Å². The van der Waals surface area contributed by atoms with E-state index < -0.39 is 0 Å². The number of rotatable bonds is 7. The minimum Gasteiger partial charge on any atom is -0.338 e. The number of carbonyl (C=O) groups is 2. The van der Waals surface area contributed by atoms with E-state index in [0.717, 1.165) is 47.5 Å². The van der Waals surface area contributed by atoms with Crippen molar-refractivity contribution in [3.8, 4) is 5.69 Å². The van der Waals surface area contributed by atoms with Gasteiger partial charge in [0.15, 0.2) is 0 Å². The lowest BCUT2D eigenvalue weighted by atomic mass is 10.0. The quantitative estimate of drug-likeness (QED) is 0.454. The number of amides is 2. The summed E-state index contributed by atoms with van der Waals surface area (Å²) in [6.07, 6.45) is 6.07. The molecule has 1 saturated heterocycles. The molecule has 0 bridgehead atoms. The van der Waals surface area contributed by atoms with Crippen LogP contribution in [-0.2, 0) is 4.79 Å². The smallest absolute Gasteiger partial charge is 0.253 e. The molecule has 0 unspecified atom stereocenters. The van der Waals surface area contributed by atoms with Crippen molar-refractivity contribution in [1.29, 1.82) is 0 Å². The summed E-state index contributed by atoms with van der Waals surface area (Å²) in [5.74, 6) is 0.0876. The Morgan fingerprint density at radius 3 is 2.26 bits per heavy atom. The summed E-state index contributed by atoms with van der Waals surface area (Å²) >= 11 is 0. The zero-order valence-corrected chi connectivity index (χ0v) is 20.9. The molecule has 4 rings (SSSR count). The minimum absolute atomic E-state index is 0.0194. The van der Waals surface area contributed by atoms with Crippen LogP contribution in [0.2, 0.25) is 0 Å². The zero-order chi connectivity index (χ0) is 24.8. The molecule has 0 atom stereocenters. The molecule has 2 heterocycles. The Labute approximate surface area is 207 Å². The molecule has 0 spiro atoms. The van der Waals surface area contributed by atoms with Crippen LogP contribution in [0.4, 0.5) is 0 Å². The van der Waals surface area contributed by atoms with E-state index in [1.54, 1.807) is 6.08 Å². The van der Waals surface area contributed by atoms with E-state index in [2.05, 4.69) is 12.0 Å². The molecule has 6 nitrogen and oxygen atoms in total. The summed E-state index contributed by atoms with van der Waals surface area (Å²) in [4.78, 5) is 29.9. The number of piperidine rings is 1. The lowest BCUT2D eigenvalue weighted by Crippen LogP contribution is -2.48. The van der Waals surface area contributed by atoms with Crippen molar-refractivity contribution < 1.29 is 9.59 Å². The molecule has 0 saturated carbocycles. The highest BCUT2D eigenvalue weighted by Gasteiger charge is 2.29. The molecule has 0 aliphatic carbocycles. The summed E-state index contributed by atoms with van der Waals surface area (Å²) in [6.45, 7) is 8.13. The van der Waals surface area contributed by atoms with Crippen LogP contribution >= 0.6 is 0 Å². The van der Waals surface area contributed by atoms with Crippen LogP contribution in [-0.4, -0.2) is 57.1 Å². The second kappa shape index (κ2) is 11.2. The van der Waals surface area contributed by atoms with E-state index >= 15 is 0 Å². The SMILES string of the molecule is CCCN(C(=O)/C=C/c1c(C)nn(-c2ccccc2)c1C)C1CCN(C(=O)c2ccccc2)CC1. The van der Waals surface area contributed by atoms with Crippen LogP contribution in [0.3, 0.4) is 0 Å². The maximum Gasteiger partial charge on any atom is 0.253 e. The van der Waals surface area contributed by atoms with Gasteiger partial charge in [-0.2, -0.15) is 5.10 Å². The number of para-hydroxylation sites is 1. The molecular weight excluding hydrogens is 436 g/mol. The third-order valence-electron chi connectivity index (χ3n) is 6.70. The maximum absolute atomic E-state index is 13.3. The fraction of sp³-hybridized carbons (Fsp3) is 0.345. The third kappa shape index (κ3) is 5.53. The van der Waals surface area contributed by atoms with Gasteiger partial charge in [0.05, 0.1) is 11.4 Å². The van der Waals surface area contributed by atoms with Crippen LogP contribution in [0, 0.1) is 13.8 Å². The van der Waals surface area contributed by atoms with Crippen LogP contribution in [0.15, 0.2) is 66.7 Å². The largest absolute Gasteiger partial charge is 0.338 e. The van der Waals surface area contributed by atoms with Gasteiger partial charge in [-0.25, -0.2) is 4.68 Å². The Hall–Kier alpha value is -3.67. The van der Waals surface area contributed by atoms with Gasteiger partial charge < -0.3 is 9.80 Å². The van der Waals surface area contributed by atoms with Crippen molar-refractivity contribution in [3.05, 3.63) is 89.3 Å². The van der Waals surface area contributed by atoms with Gasteiger partial charge in [0, 0.05) is 48.6 Å². The highest BCUT2D eigenvalue weighted by Crippen LogP contribution is 2.22. The molecule has 0 radical (unpaired) electrons. The van der Waals surface area contributed by atoms with E-state index in [-0.39, 0.29) is 17.9 Å². The highest BCUT2D eigenvalue weighted by molar-refractivity contribution is 5.94. The number of benzene rings is 2. The van der Waals surface area contributed by atoms with Crippen LogP contribution < -0.4 is 0 Å². The van der Waals surface area contributed by atoms with Gasteiger partial charge in [-0.3, -0.25) is 9.59 Å². The third-order valence-corrected chi connectivity index (χ3v) is 6.70. The van der Waals surface area contributed by atoms with Crippen molar-refractivity contribution in [2.45, 2.75) is 46.1 Å². The Balaban J connectivity index is 1.43. The molecule has 3 aromatic rings. The average Bonchev–Trinajstić information content (AvgIpc) is 3.19. The van der Waals surface area contributed by atoms with E-state index in [1.807, 2.05) is 95.1 Å². The fourth-order valence-electron chi connectivity index (χ4n) is 4.82. The zero-order valence-electron chi connectivity index (χ0n) is 20.9. The Kier molecular flexibility index (Phi) is 7.80. The number of hydrogen-bond donors (Lipinski definition) is 0. The second-order valence-electron chi connectivity index (χ2n) is 9.09. The molecule has 182 valence electrons. The van der Waals surface area contributed by atoms with E-state index in [9.17, 15) is 9.59 Å². The van der Waals surface area contributed by atoms with Gasteiger partial charge in [-0.1, -0.05) is 43.3 Å². The molecule has 1 aromatic heterocycles. The average molecular weight is 471 g/mol. The fourth-order valence-corrected chi connectivity index (χ4v) is 4.82. The summed E-state index contributed by atoms with van der Waals surface area (Å²) < 4.78 is 1.92. The molecule has 2 amide bonds. The van der Waals surface area contributed by atoms with Crippen molar-refractivity contribution in [1.82, 2.24) is 19.6 Å². The highest BCUT2D eigenvalue weighted by atomic mass is 16.2. The Morgan fingerprint density at radius 1 is 1.00 bits per heavy atom. The molecule has 1 aliphatic rings. The molecule has 1 aliphatic heterocycles. The number of nitrogens with zero attached hydrogens (tertiary/aromatic N) is 4. The normalized spacial score (nSPS) is 14.4. The first-order valence-electron chi connectivity index (χ1n) is 12.4. The number of aryl methyl sites for hydroxylation is 1. The van der Waals surface area contributed by atoms with E-state index in [4.69, 9.17) is 0 Å². The lowest BCUT2D eigenvalue weighted by molar-refractivity contribution is -0.129. The Morgan fingerprint density at radius 2 is 1.63 bits per heavy atom. The predicted molar refractivity (Wildman–Crippen MR) is 139 cm³/mol. The van der Waals surface area contributed by atoms with E-state index in [0.29, 0.717) is 19.6 Å². The van der Waals surface area contributed by atoms with Gasteiger partial charge in [-0.15, -0.1) is 0 Å². The molecule has 2 aromatic carbocycles. The van der Waals surface area contributed by atoms with Gasteiger partial charge >= 0.3 is 0 Å². The van der Waals surface area contributed by atoms with Crippen LogP contribution in [0.1, 0.15) is 53.5 Å². The summed E-state index contributed by atoms with van der Waals surface area (Å²) in [5.41, 5.74) is 4.60. The predicted octanol–water partition coefficient (Wildman–Crippen LogP) is 5.05. The van der Waals surface area contributed by atoms with Gasteiger partial charge in [0.25, 0.3) is 5.91 Å². The summed E-state index contributed by atoms with van der Waals surface area (Å²) in [6, 6.07) is 19.6. The number of aromatic nitrogens is 2. The monoisotopic (exact) mass is 470 g/mol. The molecule has 1 fully saturated rings. The van der Waals surface area contributed by atoms with Crippen molar-refractivity contribution in [2.75, 3.05) is 19.6 Å². The summed E-state index contributed by atoms with van der Waals surface area (Å²) in [7, 11) is 0. The molecule has 35 heavy (non-hydrogen) atoms. The van der Waals surface area contributed by atoms with Gasteiger partial charge in [0.1, 0.15) is 0 Å². The first-order chi connectivity index (χ1) is 17.0. The molecule has 0 N–H and O–H groups in total. The maximum atomic E-state index is 13.3. The minimum atomic E-state index is 0.0194. The summed E-state index contributed by atoms with van der Waals surface area (Å²) in [5, 5.41) is 4.68. The topological polar surface area (TPSA) is 58.4 Å². The second-order valence-corrected chi connectivity index (χ2v) is 9.09. The molecule has 6 heteroatoms. The standard InChI is InChI=1S/C29H34N4O2/c1-4-19-32(25-17-20-31(21-18-25)29(35)24-11-7-5-8-12-24)28(34)16-15-27-22(2)30-33(23(27)3)26-13-9-6-10-14-26/h5-16,25H,4,17-21H2,1-3H3/b16-15+. The Bertz CT molecular complexity index is 1180. The first kappa shape index (κ1) is 24.5. The number of hydrogen-bond acceptors (Lipinski definition) is 3. The first-order valence-corrected chi connectivity index (χ1v) is 12.4. The van der Waals surface area contributed by atoms with Crippen molar-refractivity contribution >= 4 is 17.9 Å². The lowest BCUT2D eigenvalue weighted by Gasteiger charge is -2.38. The number of carbonyl (C=O) groups excluding carboxylic acids is 2. The van der Waals surface area contributed by atoms with Crippen molar-refractivity contribution in [3.63, 3.8) is 0 Å².